The average Bonchev–Trinajstić information content (AvgIpc) is 2.42. The summed E-state index contributed by atoms with van der Waals surface area (Å²) in [5.74, 6) is -1.68. The first-order valence-electron chi connectivity index (χ1n) is 5.53. The van der Waals surface area contributed by atoms with Crippen molar-refractivity contribution in [3.05, 3.63) is 41.5 Å². The number of likely N-dealkylation sites (N-methyl/N-ethyl adjacent to an activating group) is 1. The molecule has 2 amide bonds. The summed E-state index contributed by atoms with van der Waals surface area (Å²) in [6.45, 7) is -0.0873. The van der Waals surface area contributed by atoms with Gasteiger partial charge in [0.25, 0.3) is 5.91 Å². The highest BCUT2D eigenvalue weighted by atomic mass is 16.4. The first kappa shape index (κ1) is 14.4. The van der Waals surface area contributed by atoms with E-state index in [1.54, 1.807) is 24.3 Å². The Balaban J connectivity index is 2.63. The highest BCUT2D eigenvalue weighted by Crippen LogP contribution is 2.06. The molecule has 0 heterocycles. The molecule has 6 heteroatoms. The van der Waals surface area contributed by atoms with Gasteiger partial charge in [-0.3, -0.25) is 9.59 Å². The number of benzene rings is 1. The van der Waals surface area contributed by atoms with Crippen molar-refractivity contribution in [1.82, 2.24) is 10.6 Å². The molecular weight excluding hydrogens is 248 g/mol. The first-order valence-corrected chi connectivity index (χ1v) is 5.53. The van der Waals surface area contributed by atoms with Gasteiger partial charge in [-0.2, -0.15) is 0 Å². The van der Waals surface area contributed by atoms with Crippen molar-refractivity contribution in [2.45, 2.75) is 0 Å². The predicted octanol–water partition coefficient (Wildman–Crippen LogP) is 0.260. The van der Waals surface area contributed by atoms with E-state index < -0.39 is 5.97 Å². The second-order valence-corrected chi connectivity index (χ2v) is 3.65. The van der Waals surface area contributed by atoms with Gasteiger partial charge < -0.3 is 15.7 Å². The van der Waals surface area contributed by atoms with Gasteiger partial charge in [0, 0.05) is 18.7 Å². The van der Waals surface area contributed by atoms with Crippen molar-refractivity contribution in [3.8, 4) is 0 Å². The molecule has 0 atom stereocenters. The SMILES string of the molecule is CNC(=O)CNC(=O)c1ccc(C=CC(=O)O)cc1. The van der Waals surface area contributed by atoms with Crippen LogP contribution in [0.15, 0.2) is 30.3 Å². The third-order valence-corrected chi connectivity index (χ3v) is 2.28. The normalized spacial score (nSPS) is 10.2. The molecule has 0 saturated carbocycles. The van der Waals surface area contributed by atoms with Crippen molar-refractivity contribution in [3.63, 3.8) is 0 Å². The predicted molar refractivity (Wildman–Crippen MR) is 69.5 cm³/mol. The fourth-order valence-corrected chi connectivity index (χ4v) is 1.26. The van der Waals surface area contributed by atoms with Gasteiger partial charge in [-0.25, -0.2) is 4.79 Å². The minimum absolute atomic E-state index is 0.0873. The Morgan fingerprint density at radius 2 is 1.84 bits per heavy atom. The number of hydrogen-bond donors (Lipinski definition) is 3. The molecule has 0 bridgehead atoms. The largest absolute Gasteiger partial charge is 0.478 e. The van der Waals surface area contributed by atoms with Gasteiger partial charge in [0.05, 0.1) is 6.54 Å². The maximum atomic E-state index is 11.6. The van der Waals surface area contributed by atoms with Gasteiger partial charge in [0.15, 0.2) is 0 Å². The Bertz CT molecular complexity index is 506. The molecule has 1 aromatic carbocycles. The van der Waals surface area contributed by atoms with Crippen molar-refractivity contribution in [2.75, 3.05) is 13.6 Å². The lowest BCUT2D eigenvalue weighted by molar-refractivity contribution is -0.131. The number of carbonyl (C=O) groups excluding carboxylic acids is 2. The molecule has 0 aliphatic carbocycles. The monoisotopic (exact) mass is 262 g/mol. The standard InChI is InChI=1S/C13H14N2O4/c1-14-11(16)8-15-13(19)10-5-2-9(3-6-10)4-7-12(17)18/h2-7H,8H2,1H3,(H,14,16)(H,15,19)(H,17,18). The molecule has 0 radical (unpaired) electrons. The van der Waals surface area contributed by atoms with Gasteiger partial charge in [-0.1, -0.05) is 12.1 Å². The number of aliphatic carboxylic acids is 1. The summed E-state index contributed by atoms with van der Waals surface area (Å²) in [6, 6.07) is 6.35. The van der Waals surface area contributed by atoms with Crippen LogP contribution in [0.2, 0.25) is 0 Å². The van der Waals surface area contributed by atoms with Crippen molar-refractivity contribution >= 4 is 23.9 Å². The number of rotatable bonds is 5. The van der Waals surface area contributed by atoms with Crippen LogP contribution in [0.5, 0.6) is 0 Å². The Labute approximate surface area is 110 Å². The molecule has 0 aromatic heterocycles. The lowest BCUT2D eigenvalue weighted by Crippen LogP contribution is -2.35. The summed E-state index contributed by atoms with van der Waals surface area (Å²) in [5.41, 5.74) is 1.07. The molecule has 1 aromatic rings. The molecule has 0 saturated heterocycles. The lowest BCUT2D eigenvalue weighted by Gasteiger charge is -2.04. The third-order valence-electron chi connectivity index (χ3n) is 2.28. The van der Waals surface area contributed by atoms with E-state index in [1.165, 1.54) is 13.1 Å². The lowest BCUT2D eigenvalue weighted by atomic mass is 10.1. The highest BCUT2D eigenvalue weighted by Gasteiger charge is 2.06. The molecule has 0 fully saturated rings. The first-order chi connectivity index (χ1) is 9.02. The van der Waals surface area contributed by atoms with E-state index in [0.29, 0.717) is 11.1 Å². The number of carboxylic acids is 1. The molecule has 3 N–H and O–H groups in total. The summed E-state index contributed by atoms with van der Waals surface area (Å²) in [6.07, 6.45) is 2.44. The van der Waals surface area contributed by atoms with Crippen LogP contribution in [0.25, 0.3) is 6.08 Å². The molecule has 100 valence electrons. The van der Waals surface area contributed by atoms with E-state index in [1.807, 2.05) is 0 Å². The molecule has 0 aliphatic rings. The fourth-order valence-electron chi connectivity index (χ4n) is 1.26. The Hall–Kier alpha value is -2.63. The van der Waals surface area contributed by atoms with Gasteiger partial charge in [0.1, 0.15) is 0 Å². The molecule has 0 spiro atoms. The Morgan fingerprint density at radius 3 is 2.37 bits per heavy atom. The van der Waals surface area contributed by atoms with Crippen LogP contribution in [-0.4, -0.2) is 36.5 Å². The maximum Gasteiger partial charge on any atom is 0.328 e. The minimum Gasteiger partial charge on any atom is -0.478 e. The number of amides is 2. The van der Waals surface area contributed by atoms with Gasteiger partial charge >= 0.3 is 5.97 Å². The van der Waals surface area contributed by atoms with E-state index in [-0.39, 0.29) is 18.4 Å². The summed E-state index contributed by atoms with van der Waals surface area (Å²) < 4.78 is 0. The van der Waals surface area contributed by atoms with Crippen LogP contribution < -0.4 is 10.6 Å². The van der Waals surface area contributed by atoms with Gasteiger partial charge in [0.2, 0.25) is 5.91 Å². The molecule has 1 rings (SSSR count). The van der Waals surface area contributed by atoms with Gasteiger partial charge in [-0.15, -0.1) is 0 Å². The van der Waals surface area contributed by atoms with Crippen LogP contribution in [0.3, 0.4) is 0 Å². The fraction of sp³-hybridized carbons (Fsp3) is 0.154. The van der Waals surface area contributed by atoms with Crippen molar-refractivity contribution in [2.24, 2.45) is 0 Å². The van der Waals surface area contributed by atoms with Crippen LogP contribution in [0.4, 0.5) is 0 Å². The zero-order valence-electron chi connectivity index (χ0n) is 10.3. The number of carboxylic acid groups (broad SMARTS) is 1. The topological polar surface area (TPSA) is 95.5 Å². The zero-order chi connectivity index (χ0) is 14.3. The summed E-state index contributed by atoms with van der Waals surface area (Å²) in [5, 5.41) is 13.3. The molecule has 19 heavy (non-hydrogen) atoms. The summed E-state index contributed by atoms with van der Waals surface area (Å²) in [4.78, 5) is 32.9. The van der Waals surface area contributed by atoms with E-state index in [9.17, 15) is 14.4 Å². The Morgan fingerprint density at radius 1 is 1.21 bits per heavy atom. The summed E-state index contributed by atoms with van der Waals surface area (Å²) in [7, 11) is 1.48. The number of carbonyl (C=O) groups is 3. The van der Waals surface area contributed by atoms with Crippen LogP contribution in [-0.2, 0) is 9.59 Å². The number of nitrogens with one attached hydrogen (secondary N) is 2. The average molecular weight is 262 g/mol. The van der Waals surface area contributed by atoms with Crippen LogP contribution >= 0.6 is 0 Å². The van der Waals surface area contributed by atoms with Crippen LogP contribution in [0.1, 0.15) is 15.9 Å². The molecular formula is C13H14N2O4. The quantitative estimate of drug-likeness (QED) is 0.663. The van der Waals surface area contributed by atoms with Crippen molar-refractivity contribution in [1.29, 1.82) is 0 Å². The molecule has 0 aliphatic heterocycles. The maximum absolute atomic E-state index is 11.6. The smallest absolute Gasteiger partial charge is 0.328 e. The van der Waals surface area contributed by atoms with E-state index >= 15 is 0 Å². The van der Waals surface area contributed by atoms with E-state index in [4.69, 9.17) is 5.11 Å². The summed E-state index contributed by atoms with van der Waals surface area (Å²) >= 11 is 0. The van der Waals surface area contributed by atoms with Crippen molar-refractivity contribution < 1.29 is 19.5 Å². The Kier molecular flexibility index (Phi) is 5.28. The minimum atomic E-state index is -1.03. The van der Waals surface area contributed by atoms with Crippen LogP contribution in [0, 0.1) is 0 Å². The third kappa shape index (κ3) is 5.03. The molecule has 0 unspecified atom stereocenters. The van der Waals surface area contributed by atoms with E-state index in [2.05, 4.69) is 10.6 Å². The second kappa shape index (κ2) is 6.95. The second-order valence-electron chi connectivity index (χ2n) is 3.65. The zero-order valence-corrected chi connectivity index (χ0v) is 10.3. The highest BCUT2D eigenvalue weighted by molar-refractivity contribution is 5.96. The number of hydrogen-bond acceptors (Lipinski definition) is 3. The molecule has 6 nitrogen and oxygen atoms in total. The van der Waals surface area contributed by atoms with E-state index in [0.717, 1.165) is 6.08 Å². The van der Waals surface area contributed by atoms with Gasteiger partial charge in [-0.05, 0) is 23.8 Å².